The highest BCUT2D eigenvalue weighted by atomic mass is 32.2. The number of rotatable bonds is 2. The smallest absolute Gasteiger partial charge is 0.302 e. The minimum absolute atomic E-state index is 0.269. The van der Waals surface area contributed by atoms with Gasteiger partial charge in [0.15, 0.2) is 0 Å². The topological polar surface area (TPSA) is 98.5 Å². The summed E-state index contributed by atoms with van der Waals surface area (Å²) in [5, 5.41) is 7.19. The SMILES string of the molecule is CC(=O)O[C@H]1CNC[C@H](S(N)(=O)=O)C1. The van der Waals surface area contributed by atoms with Gasteiger partial charge in [-0.15, -0.1) is 0 Å². The van der Waals surface area contributed by atoms with Gasteiger partial charge in [-0.1, -0.05) is 0 Å². The molecule has 1 heterocycles. The van der Waals surface area contributed by atoms with Crippen molar-refractivity contribution in [2.24, 2.45) is 5.14 Å². The lowest BCUT2D eigenvalue weighted by atomic mass is 10.1. The molecule has 7 heteroatoms. The molecule has 0 aromatic rings. The number of primary sulfonamides is 1. The van der Waals surface area contributed by atoms with Crippen molar-refractivity contribution in [3.63, 3.8) is 0 Å². The molecule has 82 valence electrons. The van der Waals surface area contributed by atoms with Crippen LogP contribution in [-0.2, 0) is 19.6 Å². The van der Waals surface area contributed by atoms with E-state index in [9.17, 15) is 13.2 Å². The summed E-state index contributed by atoms with van der Waals surface area (Å²) in [4.78, 5) is 10.6. The first kappa shape index (κ1) is 11.4. The van der Waals surface area contributed by atoms with Crippen LogP contribution in [0.4, 0.5) is 0 Å². The van der Waals surface area contributed by atoms with Gasteiger partial charge in [0.2, 0.25) is 10.0 Å². The Morgan fingerprint density at radius 2 is 2.14 bits per heavy atom. The fraction of sp³-hybridized carbons (Fsp3) is 0.857. The molecule has 0 radical (unpaired) electrons. The molecule has 1 saturated heterocycles. The molecule has 2 atom stereocenters. The maximum absolute atomic E-state index is 11.0. The largest absolute Gasteiger partial charge is 0.461 e. The van der Waals surface area contributed by atoms with Crippen molar-refractivity contribution in [3.8, 4) is 0 Å². The van der Waals surface area contributed by atoms with Crippen LogP contribution in [0.1, 0.15) is 13.3 Å². The summed E-state index contributed by atoms with van der Waals surface area (Å²) in [5.74, 6) is -0.410. The van der Waals surface area contributed by atoms with Gasteiger partial charge >= 0.3 is 5.97 Å². The van der Waals surface area contributed by atoms with Crippen molar-refractivity contribution in [1.82, 2.24) is 5.32 Å². The van der Waals surface area contributed by atoms with Gasteiger partial charge < -0.3 is 10.1 Å². The van der Waals surface area contributed by atoms with E-state index in [2.05, 4.69) is 5.32 Å². The Labute approximate surface area is 82.8 Å². The zero-order valence-corrected chi connectivity index (χ0v) is 8.71. The first-order valence-electron chi connectivity index (χ1n) is 4.29. The number of hydrogen-bond donors (Lipinski definition) is 2. The molecule has 14 heavy (non-hydrogen) atoms. The highest BCUT2D eigenvalue weighted by Crippen LogP contribution is 2.12. The number of nitrogens with one attached hydrogen (secondary N) is 1. The molecular formula is C7H14N2O4S. The van der Waals surface area contributed by atoms with Crippen LogP contribution < -0.4 is 10.5 Å². The van der Waals surface area contributed by atoms with E-state index in [0.717, 1.165) is 0 Å². The molecule has 1 aliphatic rings. The predicted octanol–water partition coefficient (Wildman–Crippen LogP) is -1.43. The number of ether oxygens (including phenoxy) is 1. The van der Waals surface area contributed by atoms with Crippen LogP contribution in [0, 0.1) is 0 Å². The molecule has 0 aromatic heterocycles. The molecular weight excluding hydrogens is 208 g/mol. The Balaban J connectivity index is 2.56. The predicted molar refractivity (Wildman–Crippen MR) is 49.9 cm³/mol. The molecule has 0 amide bonds. The van der Waals surface area contributed by atoms with Gasteiger partial charge in [-0.2, -0.15) is 0 Å². The quantitative estimate of drug-likeness (QED) is 0.558. The normalized spacial score (nSPS) is 28.4. The Bertz CT molecular complexity index is 314. The lowest BCUT2D eigenvalue weighted by molar-refractivity contribution is -0.146. The van der Waals surface area contributed by atoms with E-state index in [-0.39, 0.29) is 6.42 Å². The minimum atomic E-state index is -3.55. The third-order valence-electron chi connectivity index (χ3n) is 2.07. The summed E-state index contributed by atoms with van der Waals surface area (Å²) in [5.41, 5.74) is 0. The number of piperidine rings is 1. The first-order chi connectivity index (χ1) is 6.39. The summed E-state index contributed by atoms with van der Waals surface area (Å²) in [6.45, 7) is 2.09. The van der Waals surface area contributed by atoms with Gasteiger partial charge in [0, 0.05) is 26.4 Å². The zero-order valence-electron chi connectivity index (χ0n) is 7.89. The molecule has 0 aromatic carbocycles. The number of carbonyl (C=O) groups excluding carboxylic acids is 1. The van der Waals surface area contributed by atoms with Crippen LogP contribution in [0.5, 0.6) is 0 Å². The number of carbonyl (C=O) groups is 1. The van der Waals surface area contributed by atoms with Crippen molar-refractivity contribution < 1.29 is 17.9 Å². The van der Waals surface area contributed by atoms with Crippen molar-refractivity contribution in [3.05, 3.63) is 0 Å². The lowest BCUT2D eigenvalue weighted by Crippen LogP contribution is -2.49. The Morgan fingerprint density at radius 1 is 1.50 bits per heavy atom. The molecule has 0 bridgehead atoms. The molecule has 1 rings (SSSR count). The maximum atomic E-state index is 11.0. The number of sulfonamides is 1. The van der Waals surface area contributed by atoms with Crippen molar-refractivity contribution >= 4 is 16.0 Å². The van der Waals surface area contributed by atoms with E-state index < -0.39 is 27.3 Å². The van der Waals surface area contributed by atoms with Gasteiger partial charge in [-0.3, -0.25) is 4.79 Å². The molecule has 0 spiro atoms. The number of esters is 1. The molecule has 1 aliphatic heterocycles. The summed E-state index contributed by atoms with van der Waals surface area (Å²) in [6.07, 6.45) is -0.129. The van der Waals surface area contributed by atoms with E-state index in [1.165, 1.54) is 6.92 Å². The summed E-state index contributed by atoms with van der Waals surface area (Å²) >= 11 is 0. The third-order valence-corrected chi connectivity index (χ3v) is 3.36. The Kier molecular flexibility index (Phi) is 3.46. The standard InChI is InChI=1S/C7H14N2O4S/c1-5(10)13-6-2-7(4-9-3-6)14(8,11)12/h6-7,9H,2-4H2,1H3,(H2,8,11,12)/t6-,7-/m1/s1. The van der Waals surface area contributed by atoms with E-state index in [1.54, 1.807) is 0 Å². The van der Waals surface area contributed by atoms with Crippen LogP contribution in [0.3, 0.4) is 0 Å². The number of nitrogens with two attached hydrogens (primary N) is 1. The van der Waals surface area contributed by atoms with Gasteiger partial charge in [0.05, 0.1) is 5.25 Å². The van der Waals surface area contributed by atoms with Crippen molar-refractivity contribution in [2.45, 2.75) is 24.7 Å². The van der Waals surface area contributed by atoms with Crippen LogP contribution in [-0.4, -0.2) is 38.8 Å². The van der Waals surface area contributed by atoms with Crippen LogP contribution in [0.25, 0.3) is 0 Å². The molecule has 6 nitrogen and oxygen atoms in total. The fourth-order valence-electron chi connectivity index (χ4n) is 1.44. The van der Waals surface area contributed by atoms with Crippen LogP contribution >= 0.6 is 0 Å². The average Bonchev–Trinajstić information content (AvgIpc) is 2.01. The van der Waals surface area contributed by atoms with Gasteiger partial charge in [-0.05, 0) is 0 Å². The molecule has 3 N–H and O–H groups in total. The summed E-state index contributed by atoms with van der Waals surface area (Å²) in [6, 6.07) is 0. The van der Waals surface area contributed by atoms with Gasteiger partial charge in [-0.25, -0.2) is 13.6 Å². The summed E-state index contributed by atoms with van der Waals surface area (Å²) in [7, 11) is -3.55. The van der Waals surface area contributed by atoms with Crippen LogP contribution in [0.15, 0.2) is 0 Å². The highest BCUT2D eigenvalue weighted by molar-refractivity contribution is 7.89. The minimum Gasteiger partial charge on any atom is -0.461 e. The van der Waals surface area contributed by atoms with E-state index in [0.29, 0.717) is 13.1 Å². The maximum Gasteiger partial charge on any atom is 0.302 e. The highest BCUT2D eigenvalue weighted by Gasteiger charge is 2.30. The lowest BCUT2D eigenvalue weighted by Gasteiger charge is -2.27. The van der Waals surface area contributed by atoms with E-state index >= 15 is 0 Å². The van der Waals surface area contributed by atoms with Crippen LogP contribution in [0.2, 0.25) is 0 Å². The second-order valence-electron chi connectivity index (χ2n) is 3.34. The third kappa shape index (κ3) is 3.24. The van der Waals surface area contributed by atoms with Gasteiger partial charge in [0.25, 0.3) is 0 Å². The van der Waals surface area contributed by atoms with E-state index in [1.807, 2.05) is 0 Å². The molecule has 1 fully saturated rings. The zero-order chi connectivity index (χ0) is 10.8. The van der Waals surface area contributed by atoms with Crippen molar-refractivity contribution in [1.29, 1.82) is 0 Å². The molecule has 0 aliphatic carbocycles. The second-order valence-corrected chi connectivity index (χ2v) is 5.18. The second kappa shape index (κ2) is 4.24. The number of hydrogen-bond acceptors (Lipinski definition) is 5. The van der Waals surface area contributed by atoms with Gasteiger partial charge in [0.1, 0.15) is 6.10 Å². The molecule has 0 saturated carbocycles. The average molecular weight is 222 g/mol. The Hall–Kier alpha value is -0.660. The Morgan fingerprint density at radius 3 is 2.64 bits per heavy atom. The monoisotopic (exact) mass is 222 g/mol. The summed E-state index contributed by atoms with van der Waals surface area (Å²) < 4.78 is 26.9. The first-order valence-corrected chi connectivity index (χ1v) is 5.90. The van der Waals surface area contributed by atoms with Crippen molar-refractivity contribution in [2.75, 3.05) is 13.1 Å². The fourth-order valence-corrected chi connectivity index (χ4v) is 2.27. The van der Waals surface area contributed by atoms with E-state index in [4.69, 9.17) is 9.88 Å². The molecule has 0 unspecified atom stereocenters.